The fourth-order valence-electron chi connectivity index (χ4n) is 3.23. The molecule has 2 N–H and O–H groups in total. The minimum atomic E-state index is -0.740. The van der Waals surface area contributed by atoms with E-state index in [9.17, 15) is 4.79 Å². The fraction of sp³-hybridized carbons (Fsp3) is 0.533. The largest absolute Gasteiger partial charge is 0.481 e. The lowest BCUT2D eigenvalue weighted by Crippen LogP contribution is -2.45. The van der Waals surface area contributed by atoms with Crippen molar-refractivity contribution >= 4 is 21.9 Å². The van der Waals surface area contributed by atoms with Crippen LogP contribution in [0.4, 0.5) is 0 Å². The standard InChI is InChI=1S/C15H16BrNO4/c16-10-6-13-12(20-15(21-13)2-1-3-15)5-9(10)11-4-8(7-17-11)14(18)19/h5-6,8,11,17H,1-4,7H2,(H,18,19). The van der Waals surface area contributed by atoms with Crippen molar-refractivity contribution in [2.24, 2.45) is 5.92 Å². The molecule has 1 aromatic rings. The second kappa shape index (κ2) is 4.61. The number of carboxylic acids is 1. The van der Waals surface area contributed by atoms with Gasteiger partial charge < -0.3 is 19.9 Å². The second-order valence-corrected chi connectivity index (χ2v) is 6.87. The van der Waals surface area contributed by atoms with Crippen LogP contribution in [0.25, 0.3) is 0 Å². The average Bonchev–Trinajstić information content (AvgIpc) is 3.00. The zero-order chi connectivity index (χ0) is 14.6. The summed E-state index contributed by atoms with van der Waals surface area (Å²) in [5.74, 6) is 0.0415. The molecule has 1 aliphatic carbocycles. The molecule has 1 saturated carbocycles. The number of benzene rings is 1. The molecular formula is C15H16BrNO4. The predicted molar refractivity (Wildman–Crippen MR) is 78.5 cm³/mol. The smallest absolute Gasteiger partial charge is 0.307 e. The van der Waals surface area contributed by atoms with Gasteiger partial charge in [-0.15, -0.1) is 0 Å². The summed E-state index contributed by atoms with van der Waals surface area (Å²) in [6.07, 6.45) is 3.58. The highest BCUT2D eigenvalue weighted by Crippen LogP contribution is 2.50. The molecule has 4 rings (SSSR count). The lowest BCUT2D eigenvalue weighted by molar-refractivity contribution is -0.141. The van der Waals surface area contributed by atoms with E-state index in [1.54, 1.807) is 0 Å². The normalized spacial score (nSPS) is 28.6. The first-order valence-corrected chi connectivity index (χ1v) is 8.03. The lowest BCUT2D eigenvalue weighted by atomic mass is 9.91. The summed E-state index contributed by atoms with van der Waals surface area (Å²) in [4.78, 5) is 11.1. The topological polar surface area (TPSA) is 67.8 Å². The van der Waals surface area contributed by atoms with Crippen molar-refractivity contribution in [1.29, 1.82) is 0 Å². The number of hydrogen-bond acceptors (Lipinski definition) is 4. The molecule has 2 fully saturated rings. The van der Waals surface area contributed by atoms with Gasteiger partial charge in [-0.25, -0.2) is 0 Å². The molecule has 2 atom stereocenters. The molecule has 21 heavy (non-hydrogen) atoms. The van der Waals surface area contributed by atoms with E-state index in [2.05, 4.69) is 21.2 Å². The monoisotopic (exact) mass is 353 g/mol. The molecule has 0 bridgehead atoms. The van der Waals surface area contributed by atoms with Crippen LogP contribution < -0.4 is 14.8 Å². The molecule has 0 aromatic heterocycles. The van der Waals surface area contributed by atoms with Crippen LogP contribution in [-0.4, -0.2) is 23.4 Å². The van der Waals surface area contributed by atoms with Crippen LogP contribution in [0.2, 0.25) is 0 Å². The van der Waals surface area contributed by atoms with E-state index in [0.717, 1.165) is 40.8 Å². The van der Waals surface area contributed by atoms with Crippen LogP contribution in [0, 0.1) is 5.92 Å². The number of aliphatic carboxylic acids is 1. The molecule has 2 heterocycles. The summed E-state index contributed by atoms with van der Waals surface area (Å²) in [6.45, 7) is 0.505. The van der Waals surface area contributed by atoms with E-state index in [1.807, 2.05) is 12.1 Å². The van der Waals surface area contributed by atoms with Gasteiger partial charge in [-0.3, -0.25) is 4.79 Å². The Morgan fingerprint density at radius 3 is 2.62 bits per heavy atom. The van der Waals surface area contributed by atoms with Crippen molar-refractivity contribution < 1.29 is 19.4 Å². The van der Waals surface area contributed by atoms with Gasteiger partial charge in [-0.1, -0.05) is 15.9 Å². The van der Waals surface area contributed by atoms with Gasteiger partial charge in [0.2, 0.25) is 0 Å². The highest BCUT2D eigenvalue weighted by molar-refractivity contribution is 9.10. The molecule has 6 heteroatoms. The third-order valence-electron chi connectivity index (χ3n) is 4.63. The van der Waals surface area contributed by atoms with Gasteiger partial charge in [0, 0.05) is 29.9 Å². The van der Waals surface area contributed by atoms with Gasteiger partial charge in [0.05, 0.1) is 5.92 Å². The van der Waals surface area contributed by atoms with Crippen molar-refractivity contribution in [2.45, 2.75) is 37.5 Å². The Balaban J connectivity index is 1.60. The Hall–Kier alpha value is -1.27. The molecule has 1 saturated heterocycles. The summed E-state index contributed by atoms with van der Waals surface area (Å²) < 4.78 is 12.8. The summed E-state index contributed by atoms with van der Waals surface area (Å²) >= 11 is 3.57. The summed E-state index contributed by atoms with van der Waals surface area (Å²) in [5, 5.41) is 12.4. The summed E-state index contributed by atoms with van der Waals surface area (Å²) in [6, 6.07) is 3.95. The van der Waals surface area contributed by atoms with Gasteiger partial charge >= 0.3 is 5.97 Å². The minimum absolute atomic E-state index is 0.0346. The molecule has 3 aliphatic rings. The number of ether oxygens (including phenoxy) is 2. The Kier molecular flexibility index (Phi) is 2.94. The highest BCUT2D eigenvalue weighted by atomic mass is 79.9. The molecule has 1 spiro atoms. The van der Waals surface area contributed by atoms with Crippen molar-refractivity contribution in [1.82, 2.24) is 5.32 Å². The molecule has 112 valence electrons. The first-order valence-electron chi connectivity index (χ1n) is 7.24. The molecule has 0 radical (unpaired) electrons. The maximum Gasteiger partial charge on any atom is 0.307 e. The number of carbonyl (C=O) groups is 1. The average molecular weight is 354 g/mol. The van der Waals surface area contributed by atoms with Crippen molar-refractivity contribution in [2.75, 3.05) is 6.54 Å². The van der Waals surface area contributed by atoms with E-state index in [1.165, 1.54) is 0 Å². The van der Waals surface area contributed by atoms with Gasteiger partial charge in [-0.05, 0) is 30.5 Å². The number of fused-ring (bicyclic) bond motifs is 1. The predicted octanol–water partition coefficient (Wildman–Crippen LogP) is 2.84. The van der Waals surface area contributed by atoms with Gasteiger partial charge in [0.15, 0.2) is 11.5 Å². The van der Waals surface area contributed by atoms with Crippen molar-refractivity contribution in [3.05, 3.63) is 22.2 Å². The Morgan fingerprint density at radius 1 is 1.33 bits per heavy atom. The maximum atomic E-state index is 11.1. The zero-order valence-electron chi connectivity index (χ0n) is 11.4. The van der Waals surface area contributed by atoms with Crippen LogP contribution >= 0.6 is 15.9 Å². The number of nitrogens with one attached hydrogen (secondary N) is 1. The Morgan fingerprint density at radius 2 is 2.05 bits per heavy atom. The molecule has 1 aromatic carbocycles. The number of carboxylic acid groups (broad SMARTS) is 1. The summed E-state index contributed by atoms with van der Waals surface area (Å²) in [7, 11) is 0. The fourth-order valence-corrected chi connectivity index (χ4v) is 3.83. The van der Waals surface area contributed by atoms with E-state index < -0.39 is 11.8 Å². The van der Waals surface area contributed by atoms with E-state index in [-0.39, 0.29) is 12.0 Å². The number of rotatable bonds is 2. The van der Waals surface area contributed by atoms with E-state index >= 15 is 0 Å². The van der Waals surface area contributed by atoms with Gasteiger partial charge in [-0.2, -0.15) is 0 Å². The Bertz CT molecular complexity index is 614. The Labute approximate surface area is 130 Å². The van der Waals surface area contributed by atoms with Crippen LogP contribution in [-0.2, 0) is 4.79 Å². The van der Waals surface area contributed by atoms with Crippen LogP contribution in [0.5, 0.6) is 11.5 Å². The third-order valence-corrected chi connectivity index (χ3v) is 5.31. The quantitative estimate of drug-likeness (QED) is 0.855. The molecule has 5 nitrogen and oxygen atoms in total. The maximum absolute atomic E-state index is 11.1. The first kappa shape index (κ1) is 13.4. The molecule has 0 amide bonds. The van der Waals surface area contributed by atoms with Gasteiger partial charge in [0.1, 0.15) is 0 Å². The van der Waals surface area contributed by atoms with Crippen molar-refractivity contribution in [3.63, 3.8) is 0 Å². The SMILES string of the molecule is O=C(O)C1CNC(c2cc3c(cc2Br)OC2(CCC2)O3)C1. The second-order valence-electron chi connectivity index (χ2n) is 6.02. The first-order chi connectivity index (χ1) is 10.1. The van der Waals surface area contributed by atoms with Crippen LogP contribution in [0.3, 0.4) is 0 Å². The van der Waals surface area contributed by atoms with Crippen LogP contribution in [0.15, 0.2) is 16.6 Å². The highest BCUT2D eigenvalue weighted by Gasteiger charge is 2.47. The molecule has 2 aliphatic heterocycles. The van der Waals surface area contributed by atoms with Crippen molar-refractivity contribution in [3.8, 4) is 11.5 Å². The van der Waals surface area contributed by atoms with E-state index in [4.69, 9.17) is 14.6 Å². The van der Waals surface area contributed by atoms with E-state index in [0.29, 0.717) is 13.0 Å². The van der Waals surface area contributed by atoms with Gasteiger partial charge in [0.25, 0.3) is 5.79 Å². The number of halogens is 1. The molecular weight excluding hydrogens is 338 g/mol. The minimum Gasteiger partial charge on any atom is -0.481 e. The number of hydrogen-bond donors (Lipinski definition) is 2. The zero-order valence-corrected chi connectivity index (χ0v) is 13.0. The third kappa shape index (κ3) is 2.12. The van der Waals surface area contributed by atoms with Crippen LogP contribution in [0.1, 0.15) is 37.3 Å². The summed E-state index contributed by atoms with van der Waals surface area (Å²) in [5.41, 5.74) is 1.04. The lowest BCUT2D eigenvalue weighted by Gasteiger charge is -2.35. The molecule has 2 unspecified atom stereocenters.